The second-order valence-corrected chi connectivity index (χ2v) is 15.2. The first kappa shape index (κ1) is 28.8. The van der Waals surface area contributed by atoms with Gasteiger partial charge in [-0.05, 0) is 88.8 Å². The van der Waals surface area contributed by atoms with Crippen LogP contribution < -0.4 is 0 Å². The molecule has 1 N–H and O–H groups in total. The summed E-state index contributed by atoms with van der Waals surface area (Å²) in [6, 6.07) is 28.9. The normalized spacial score (nSPS) is 14.0. The molecule has 0 spiro atoms. The monoisotopic (exact) mass is 920 g/mol. The van der Waals surface area contributed by atoms with E-state index in [1.165, 1.54) is 0 Å². The Morgan fingerprint density at radius 3 is 2.25 bits per heavy atom. The zero-order valence-corrected chi connectivity index (χ0v) is 34.5. The Morgan fingerprint density at radius 1 is 0.768 bits per heavy atom. The SMILES string of the molecule is [2H]c1nc(-c2[c-]c(-c3cccc4c3nc(-c3cc(C)cc(C)c3O)n4-c3ccc(C([2H])(C)C)cc3-c3ccccc3)cc(C(C)(C)C)c2)c([2H])c(-c2c([2H])c([2H])c([2H])c([2H])c2[2H])c1[2H].[Pt]. The summed E-state index contributed by atoms with van der Waals surface area (Å²) in [6.45, 7) is 13.6. The van der Waals surface area contributed by atoms with Gasteiger partial charge in [0.15, 0.2) is 0 Å². The fourth-order valence-electron chi connectivity index (χ4n) is 6.98. The molecule has 0 radical (unpaired) electrons. The summed E-state index contributed by atoms with van der Waals surface area (Å²) in [7, 11) is 0. The van der Waals surface area contributed by atoms with Gasteiger partial charge in [-0.15, -0.1) is 29.3 Å². The van der Waals surface area contributed by atoms with Gasteiger partial charge in [-0.1, -0.05) is 137 Å². The number of hydrogen-bond acceptors (Lipinski definition) is 3. The Morgan fingerprint density at radius 2 is 1.52 bits per heavy atom. The molecule has 0 aliphatic carbocycles. The Hall–Kier alpha value is -5.57. The summed E-state index contributed by atoms with van der Waals surface area (Å²) < 4.78 is 80.0. The number of aromatic hydroxyl groups is 1. The molecule has 2 heterocycles. The largest absolute Gasteiger partial charge is 0.507 e. The van der Waals surface area contributed by atoms with Crippen LogP contribution >= 0.6 is 0 Å². The fourth-order valence-corrected chi connectivity index (χ4v) is 6.98. The number of aromatic nitrogens is 3. The molecule has 8 rings (SSSR count). The first-order valence-electron chi connectivity index (χ1n) is 22.7. The quantitative estimate of drug-likeness (QED) is 0.162. The minimum absolute atomic E-state index is 0. The van der Waals surface area contributed by atoms with Crippen LogP contribution in [0.2, 0.25) is 0 Å². The molecule has 0 unspecified atom stereocenters. The van der Waals surface area contributed by atoms with E-state index in [1.54, 1.807) is 0 Å². The molecule has 0 aliphatic heterocycles. The van der Waals surface area contributed by atoms with Crippen molar-refractivity contribution < 1.29 is 38.5 Å². The second-order valence-electron chi connectivity index (χ2n) is 15.2. The summed E-state index contributed by atoms with van der Waals surface area (Å²) in [5.74, 6) is -0.319. The number of rotatable bonds is 7. The number of imidazole rings is 1. The fraction of sp³-hybridized carbons (Fsp3) is 0.176. The van der Waals surface area contributed by atoms with Gasteiger partial charge in [-0.25, -0.2) is 4.98 Å². The predicted molar refractivity (Wildman–Crippen MR) is 229 cm³/mol. The molecule has 0 amide bonds. The zero-order valence-electron chi connectivity index (χ0n) is 41.3. The molecule has 0 aliphatic rings. The third-order valence-electron chi connectivity index (χ3n) is 9.89. The number of pyridine rings is 1. The van der Waals surface area contributed by atoms with Crippen molar-refractivity contribution >= 4 is 11.0 Å². The van der Waals surface area contributed by atoms with Crippen LogP contribution in [0.15, 0.2) is 139 Å². The van der Waals surface area contributed by atoms with E-state index < -0.39 is 53.7 Å². The molecular weight excluding hydrogens is 866 g/mol. The number of benzene rings is 6. The van der Waals surface area contributed by atoms with Crippen LogP contribution in [0.4, 0.5) is 0 Å². The molecule has 6 aromatic carbocycles. The molecule has 0 saturated carbocycles. The molecule has 282 valence electrons. The molecule has 5 heteroatoms. The van der Waals surface area contributed by atoms with E-state index >= 15 is 0 Å². The summed E-state index contributed by atoms with van der Waals surface area (Å²) in [5, 5.41) is 11.7. The van der Waals surface area contributed by atoms with Crippen molar-refractivity contribution in [3.63, 3.8) is 0 Å². The zero-order chi connectivity index (χ0) is 46.3. The topological polar surface area (TPSA) is 50.9 Å². The van der Waals surface area contributed by atoms with E-state index in [1.807, 2.05) is 144 Å². The molecule has 0 bridgehead atoms. The maximum Gasteiger partial charge on any atom is 0.148 e. The van der Waals surface area contributed by atoms with Gasteiger partial charge in [-0.2, -0.15) is 0 Å². The number of hydrogen-bond donors (Lipinski definition) is 1. The van der Waals surface area contributed by atoms with Crippen LogP contribution in [-0.2, 0) is 26.5 Å². The van der Waals surface area contributed by atoms with Gasteiger partial charge in [-0.3, -0.25) is 9.55 Å². The van der Waals surface area contributed by atoms with Gasteiger partial charge < -0.3 is 5.11 Å². The smallest absolute Gasteiger partial charge is 0.148 e. The molecule has 0 saturated heterocycles. The van der Waals surface area contributed by atoms with E-state index in [2.05, 4.69) is 11.1 Å². The third kappa shape index (κ3) is 7.39. The Bertz CT molecular complexity index is 3180. The number of nitrogens with zero attached hydrogens (tertiary/aromatic N) is 3. The molecule has 8 aromatic rings. The van der Waals surface area contributed by atoms with Crippen LogP contribution in [-0.4, -0.2) is 19.6 Å². The van der Waals surface area contributed by atoms with E-state index in [4.69, 9.17) is 16.0 Å². The average Bonchev–Trinajstić information content (AvgIpc) is 3.64. The summed E-state index contributed by atoms with van der Waals surface area (Å²) in [4.78, 5) is 9.77. The second kappa shape index (κ2) is 15.5. The first-order valence-corrected chi connectivity index (χ1v) is 18.2. The van der Waals surface area contributed by atoms with E-state index in [0.29, 0.717) is 44.7 Å². The van der Waals surface area contributed by atoms with Crippen molar-refractivity contribution in [2.75, 3.05) is 0 Å². The van der Waals surface area contributed by atoms with Crippen LogP contribution in [0, 0.1) is 19.9 Å². The van der Waals surface area contributed by atoms with Crippen LogP contribution in [0.5, 0.6) is 5.75 Å². The molecule has 4 nitrogen and oxygen atoms in total. The maximum atomic E-state index is 11.7. The third-order valence-corrected chi connectivity index (χ3v) is 9.89. The Kier molecular flexibility index (Phi) is 7.98. The Labute approximate surface area is 357 Å². The van der Waals surface area contributed by atoms with E-state index in [0.717, 1.165) is 33.5 Å². The van der Waals surface area contributed by atoms with Crippen LogP contribution in [0.1, 0.15) is 75.1 Å². The standard InChI is InChI=1S/C51H46N3O.Pt/c1-32(2)37-21-22-46(43(30-37)36-17-12-9-13-18-36)54-47-20-14-19-42(48(47)53-50(54)44-26-33(3)25-34(4)49(44)55)39-27-40(29-41(28-39)51(5,6)7)45-31-38(23-24-52-45)35-15-10-8-11-16-35;/h8-26,28-32,55H,1-7H3;/q-1;/i8D,10D,11D,15D,16D,23D,24D,31D,32D;. The number of aryl methyl sites for hydroxylation is 2. The summed E-state index contributed by atoms with van der Waals surface area (Å²) in [5.41, 5.74) is 8.07. The van der Waals surface area contributed by atoms with Crippen molar-refractivity contribution in [3.8, 4) is 67.5 Å². The molecule has 56 heavy (non-hydrogen) atoms. The van der Waals surface area contributed by atoms with Gasteiger partial charge in [0.2, 0.25) is 0 Å². The number of fused-ring (bicyclic) bond motifs is 1. The molecular formula is C51H46N3OPt-. The van der Waals surface area contributed by atoms with Crippen molar-refractivity contribution in [2.24, 2.45) is 0 Å². The molecule has 2 aromatic heterocycles. The van der Waals surface area contributed by atoms with Crippen molar-refractivity contribution in [1.82, 2.24) is 14.5 Å². The number of phenolic OH excluding ortho intramolecular Hbond substituents is 1. The van der Waals surface area contributed by atoms with Gasteiger partial charge in [0.1, 0.15) is 11.6 Å². The maximum absolute atomic E-state index is 11.7. The Balaban J connectivity index is 0.00000630. The summed E-state index contributed by atoms with van der Waals surface area (Å²) >= 11 is 0. The van der Waals surface area contributed by atoms with Crippen molar-refractivity contribution in [2.45, 2.75) is 59.8 Å². The average molecular weight is 921 g/mol. The van der Waals surface area contributed by atoms with Gasteiger partial charge in [0.25, 0.3) is 0 Å². The molecule has 0 atom stereocenters. The van der Waals surface area contributed by atoms with Gasteiger partial charge in [0.05, 0.1) is 33.3 Å². The van der Waals surface area contributed by atoms with Crippen LogP contribution in [0.25, 0.3) is 72.7 Å². The van der Waals surface area contributed by atoms with Crippen LogP contribution in [0.3, 0.4) is 0 Å². The predicted octanol–water partition coefficient (Wildman–Crippen LogP) is 13.3. The summed E-state index contributed by atoms with van der Waals surface area (Å²) in [6.07, 6.45) is -0.531. The molecule has 0 fully saturated rings. The first-order chi connectivity index (χ1) is 30.1. The number of para-hydroxylation sites is 1. The van der Waals surface area contributed by atoms with Gasteiger partial charge >= 0.3 is 0 Å². The van der Waals surface area contributed by atoms with E-state index in [-0.39, 0.29) is 49.7 Å². The van der Waals surface area contributed by atoms with Crippen molar-refractivity contribution in [1.29, 1.82) is 0 Å². The minimum atomic E-state index is -0.891. The van der Waals surface area contributed by atoms with Crippen molar-refractivity contribution in [3.05, 3.63) is 168 Å². The van der Waals surface area contributed by atoms with Gasteiger partial charge in [0, 0.05) is 39.9 Å². The number of phenols is 1. The minimum Gasteiger partial charge on any atom is -0.507 e. The van der Waals surface area contributed by atoms with E-state index in [9.17, 15) is 6.48 Å².